The fourth-order valence-electron chi connectivity index (χ4n) is 2.93. The molecule has 132 valence electrons. The SMILES string of the molecule is O=C(CCNc1cc(Cl)cc(Cl)c1)Nc1ccc(N2CCCC2)cc1. The standard InChI is InChI=1S/C19H21Cl2N3O/c20-14-11-15(21)13-17(12-14)22-8-7-19(25)23-16-3-5-18(6-4-16)24-9-1-2-10-24/h3-6,11-13,22H,1-2,7-10H2,(H,23,25). The highest BCUT2D eigenvalue weighted by Crippen LogP contribution is 2.23. The maximum atomic E-state index is 12.1. The minimum atomic E-state index is -0.0328. The number of hydrogen-bond acceptors (Lipinski definition) is 3. The minimum Gasteiger partial charge on any atom is -0.384 e. The third-order valence-electron chi connectivity index (χ3n) is 4.17. The van der Waals surface area contributed by atoms with E-state index in [1.807, 2.05) is 12.1 Å². The van der Waals surface area contributed by atoms with Crippen molar-refractivity contribution in [3.8, 4) is 0 Å². The molecule has 0 unspecified atom stereocenters. The molecule has 2 aromatic rings. The number of halogens is 2. The van der Waals surface area contributed by atoms with Crippen LogP contribution < -0.4 is 15.5 Å². The normalized spacial score (nSPS) is 13.8. The molecule has 0 bridgehead atoms. The minimum absolute atomic E-state index is 0.0328. The van der Waals surface area contributed by atoms with Gasteiger partial charge in [0.15, 0.2) is 0 Å². The Labute approximate surface area is 158 Å². The van der Waals surface area contributed by atoms with Crippen LogP contribution in [0.15, 0.2) is 42.5 Å². The second-order valence-electron chi connectivity index (χ2n) is 6.12. The molecule has 0 atom stereocenters. The smallest absolute Gasteiger partial charge is 0.226 e. The predicted molar refractivity (Wildman–Crippen MR) is 106 cm³/mol. The Morgan fingerprint density at radius 3 is 2.24 bits per heavy atom. The Morgan fingerprint density at radius 2 is 1.60 bits per heavy atom. The molecule has 1 aliphatic heterocycles. The summed E-state index contributed by atoms with van der Waals surface area (Å²) in [6, 6.07) is 13.3. The second-order valence-corrected chi connectivity index (χ2v) is 7.00. The van der Waals surface area contributed by atoms with E-state index in [0.717, 1.165) is 24.5 Å². The van der Waals surface area contributed by atoms with Crippen molar-refractivity contribution in [1.29, 1.82) is 0 Å². The molecular formula is C19H21Cl2N3O. The summed E-state index contributed by atoms with van der Waals surface area (Å²) in [4.78, 5) is 14.4. The third kappa shape index (κ3) is 5.28. The maximum absolute atomic E-state index is 12.1. The van der Waals surface area contributed by atoms with E-state index >= 15 is 0 Å². The predicted octanol–water partition coefficient (Wildman–Crippen LogP) is 5.03. The Bertz CT molecular complexity index is 708. The van der Waals surface area contributed by atoms with Crippen LogP contribution in [0.3, 0.4) is 0 Å². The van der Waals surface area contributed by atoms with Gasteiger partial charge in [0.2, 0.25) is 5.91 Å². The highest BCUT2D eigenvalue weighted by Gasteiger charge is 2.12. The summed E-state index contributed by atoms with van der Waals surface area (Å²) in [6.07, 6.45) is 2.87. The van der Waals surface area contributed by atoms with Crippen LogP contribution in [0.4, 0.5) is 17.1 Å². The van der Waals surface area contributed by atoms with Gasteiger partial charge in [-0.25, -0.2) is 0 Å². The number of amides is 1. The van der Waals surface area contributed by atoms with E-state index < -0.39 is 0 Å². The van der Waals surface area contributed by atoms with Crippen LogP contribution in [-0.4, -0.2) is 25.5 Å². The molecule has 1 aliphatic rings. The lowest BCUT2D eigenvalue weighted by atomic mass is 10.2. The van der Waals surface area contributed by atoms with Crippen molar-refractivity contribution in [2.75, 3.05) is 35.2 Å². The lowest BCUT2D eigenvalue weighted by molar-refractivity contribution is -0.115. The lowest BCUT2D eigenvalue weighted by Crippen LogP contribution is -2.18. The number of carbonyl (C=O) groups excluding carboxylic acids is 1. The number of nitrogens with one attached hydrogen (secondary N) is 2. The van der Waals surface area contributed by atoms with Gasteiger partial charge >= 0.3 is 0 Å². The molecule has 0 saturated carbocycles. The number of benzene rings is 2. The van der Waals surface area contributed by atoms with Crippen LogP contribution in [0, 0.1) is 0 Å². The van der Waals surface area contributed by atoms with E-state index in [0.29, 0.717) is 23.0 Å². The number of rotatable bonds is 6. The van der Waals surface area contributed by atoms with Crippen LogP contribution in [-0.2, 0) is 4.79 Å². The summed E-state index contributed by atoms with van der Waals surface area (Å²) in [6.45, 7) is 2.74. The van der Waals surface area contributed by atoms with Gasteiger partial charge in [0, 0.05) is 53.2 Å². The van der Waals surface area contributed by atoms with Gasteiger partial charge in [-0.2, -0.15) is 0 Å². The number of nitrogens with zero attached hydrogens (tertiary/aromatic N) is 1. The molecule has 6 heteroatoms. The average Bonchev–Trinajstić information content (AvgIpc) is 3.09. The zero-order valence-corrected chi connectivity index (χ0v) is 15.4. The molecule has 1 fully saturated rings. The molecule has 0 aliphatic carbocycles. The van der Waals surface area contributed by atoms with E-state index in [4.69, 9.17) is 23.2 Å². The van der Waals surface area contributed by atoms with Gasteiger partial charge in [0.25, 0.3) is 0 Å². The zero-order chi connectivity index (χ0) is 17.6. The second kappa shape index (κ2) is 8.45. The molecule has 0 radical (unpaired) electrons. The van der Waals surface area contributed by atoms with Gasteiger partial charge < -0.3 is 15.5 Å². The molecule has 1 saturated heterocycles. The van der Waals surface area contributed by atoms with Gasteiger partial charge in [-0.05, 0) is 55.3 Å². The molecule has 1 amide bonds. The van der Waals surface area contributed by atoms with Crippen molar-refractivity contribution < 1.29 is 4.79 Å². The van der Waals surface area contributed by atoms with Crippen LogP contribution in [0.2, 0.25) is 10.0 Å². The average molecular weight is 378 g/mol. The van der Waals surface area contributed by atoms with E-state index in [2.05, 4.69) is 27.7 Å². The molecule has 25 heavy (non-hydrogen) atoms. The molecule has 4 nitrogen and oxygen atoms in total. The molecular weight excluding hydrogens is 357 g/mol. The summed E-state index contributed by atoms with van der Waals surface area (Å²) >= 11 is 11.9. The lowest BCUT2D eigenvalue weighted by Gasteiger charge is -2.17. The zero-order valence-electron chi connectivity index (χ0n) is 13.9. The fraction of sp³-hybridized carbons (Fsp3) is 0.316. The van der Waals surface area contributed by atoms with Gasteiger partial charge in [0.05, 0.1) is 0 Å². The molecule has 0 spiro atoms. The van der Waals surface area contributed by atoms with Crippen LogP contribution >= 0.6 is 23.2 Å². The highest BCUT2D eigenvalue weighted by atomic mass is 35.5. The Kier molecular flexibility index (Phi) is 6.05. The van der Waals surface area contributed by atoms with E-state index in [1.54, 1.807) is 18.2 Å². The highest BCUT2D eigenvalue weighted by molar-refractivity contribution is 6.35. The summed E-state index contributed by atoms with van der Waals surface area (Å²) in [5, 5.41) is 7.21. The van der Waals surface area contributed by atoms with E-state index in [9.17, 15) is 4.79 Å². The first-order valence-electron chi connectivity index (χ1n) is 8.45. The molecule has 1 heterocycles. The molecule has 0 aromatic heterocycles. The number of hydrogen-bond donors (Lipinski definition) is 2. The fourth-order valence-corrected chi connectivity index (χ4v) is 3.46. The maximum Gasteiger partial charge on any atom is 0.226 e. The molecule has 2 N–H and O–H groups in total. The van der Waals surface area contributed by atoms with Gasteiger partial charge in [-0.3, -0.25) is 4.79 Å². The molecule has 3 rings (SSSR count). The first-order valence-corrected chi connectivity index (χ1v) is 9.20. The van der Waals surface area contributed by atoms with Crippen LogP contribution in [0.5, 0.6) is 0 Å². The van der Waals surface area contributed by atoms with Crippen molar-refractivity contribution in [3.05, 3.63) is 52.5 Å². The van der Waals surface area contributed by atoms with Gasteiger partial charge in [0.1, 0.15) is 0 Å². The Morgan fingerprint density at radius 1 is 0.960 bits per heavy atom. The first-order chi connectivity index (χ1) is 12.1. The monoisotopic (exact) mass is 377 g/mol. The molecule has 2 aromatic carbocycles. The Balaban J connectivity index is 1.45. The largest absolute Gasteiger partial charge is 0.384 e. The first kappa shape index (κ1) is 17.9. The van der Waals surface area contributed by atoms with Crippen LogP contribution in [0.1, 0.15) is 19.3 Å². The van der Waals surface area contributed by atoms with Crippen molar-refractivity contribution in [1.82, 2.24) is 0 Å². The van der Waals surface area contributed by atoms with E-state index in [1.165, 1.54) is 18.5 Å². The Hall–Kier alpha value is -1.91. The van der Waals surface area contributed by atoms with Crippen molar-refractivity contribution in [2.24, 2.45) is 0 Å². The van der Waals surface area contributed by atoms with Crippen molar-refractivity contribution >= 4 is 46.2 Å². The number of carbonyl (C=O) groups is 1. The van der Waals surface area contributed by atoms with Gasteiger partial charge in [-0.15, -0.1) is 0 Å². The summed E-state index contributed by atoms with van der Waals surface area (Å²) in [7, 11) is 0. The van der Waals surface area contributed by atoms with E-state index in [-0.39, 0.29) is 5.91 Å². The van der Waals surface area contributed by atoms with Crippen molar-refractivity contribution in [3.63, 3.8) is 0 Å². The number of anilines is 3. The quantitative estimate of drug-likeness (QED) is 0.741. The summed E-state index contributed by atoms with van der Waals surface area (Å²) in [5.74, 6) is -0.0328. The van der Waals surface area contributed by atoms with Gasteiger partial charge in [-0.1, -0.05) is 23.2 Å². The van der Waals surface area contributed by atoms with Crippen molar-refractivity contribution in [2.45, 2.75) is 19.3 Å². The summed E-state index contributed by atoms with van der Waals surface area (Å²) in [5.41, 5.74) is 2.84. The van der Waals surface area contributed by atoms with Crippen LogP contribution in [0.25, 0.3) is 0 Å². The topological polar surface area (TPSA) is 44.4 Å². The summed E-state index contributed by atoms with van der Waals surface area (Å²) < 4.78 is 0. The third-order valence-corrected chi connectivity index (χ3v) is 4.60.